The van der Waals surface area contributed by atoms with E-state index in [9.17, 15) is 4.79 Å². The topological polar surface area (TPSA) is 58.1 Å². The van der Waals surface area contributed by atoms with Crippen LogP contribution in [0, 0.1) is 5.41 Å². The Labute approximate surface area is 184 Å². The first-order valence-corrected chi connectivity index (χ1v) is 11.0. The van der Waals surface area contributed by atoms with E-state index in [1.54, 1.807) is 12.4 Å². The minimum Gasteiger partial charge on any atom is -0.353 e. The van der Waals surface area contributed by atoms with E-state index >= 15 is 0 Å². The molecule has 2 aromatic heterocycles. The number of hydrogen-bond donors (Lipinski definition) is 1. The number of pyridine rings is 2. The molecule has 1 saturated heterocycles. The van der Waals surface area contributed by atoms with Gasteiger partial charge in [-0.1, -0.05) is 36.4 Å². The van der Waals surface area contributed by atoms with Crippen LogP contribution in [0.1, 0.15) is 31.4 Å². The Hall–Kier alpha value is -3.05. The molecule has 1 fully saturated rings. The normalized spacial score (nSPS) is 18.9. The third-order valence-corrected chi connectivity index (χ3v) is 5.98. The van der Waals surface area contributed by atoms with Crippen molar-refractivity contribution in [3.63, 3.8) is 0 Å². The summed E-state index contributed by atoms with van der Waals surface area (Å²) in [5.41, 5.74) is 4.15. The lowest BCUT2D eigenvalue weighted by Gasteiger charge is -2.30. The van der Waals surface area contributed by atoms with Gasteiger partial charge in [0.15, 0.2) is 0 Å². The van der Waals surface area contributed by atoms with Gasteiger partial charge in [-0.05, 0) is 62.1 Å². The number of nitrogens with one attached hydrogen (secondary N) is 1. The van der Waals surface area contributed by atoms with Gasteiger partial charge >= 0.3 is 0 Å². The molecule has 0 bridgehead atoms. The molecule has 160 valence electrons. The number of amides is 1. The first-order valence-electron chi connectivity index (χ1n) is 11.0. The number of rotatable bonds is 7. The van der Waals surface area contributed by atoms with Gasteiger partial charge in [0.1, 0.15) is 0 Å². The van der Waals surface area contributed by atoms with Gasteiger partial charge in [-0.3, -0.25) is 19.7 Å². The van der Waals surface area contributed by atoms with Crippen molar-refractivity contribution in [2.45, 2.75) is 39.3 Å². The van der Waals surface area contributed by atoms with Crippen LogP contribution >= 0.6 is 0 Å². The second kappa shape index (κ2) is 9.40. The Bertz CT molecular complexity index is 1010. The summed E-state index contributed by atoms with van der Waals surface area (Å²) < 4.78 is 0. The summed E-state index contributed by atoms with van der Waals surface area (Å²) in [5, 5.41) is 3.20. The van der Waals surface area contributed by atoms with Crippen molar-refractivity contribution in [2.75, 3.05) is 13.1 Å². The van der Waals surface area contributed by atoms with Gasteiger partial charge < -0.3 is 5.32 Å². The summed E-state index contributed by atoms with van der Waals surface area (Å²) in [6.07, 6.45) is 8.93. The van der Waals surface area contributed by atoms with Crippen molar-refractivity contribution in [2.24, 2.45) is 5.41 Å². The third-order valence-electron chi connectivity index (χ3n) is 5.98. The van der Waals surface area contributed by atoms with E-state index in [1.165, 1.54) is 11.1 Å². The quantitative estimate of drug-likeness (QED) is 0.632. The largest absolute Gasteiger partial charge is 0.353 e. The second-order valence-electron chi connectivity index (χ2n) is 8.81. The zero-order chi connectivity index (χ0) is 21.7. The lowest BCUT2D eigenvalue weighted by Crippen LogP contribution is -2.46. The van der Waals surface area contributed by atoms with Gasteiger partial charge in [-0.25, -0.2) is 0 Å². The van der Waals surface area contributed by atoms with Crippen LogP contribution in [-0.4, -0.2) is 39.9 Å². The summed E-state index contributed by atoms with van der Waals surface area (Å²) in [7, 11) is 0. The van der Waals surface area contributed by atoms with Crippen molar-refractivity contribution < 1.29 is 4.79 Å². The molecule has 1 unspecified atom stereocenters. The molecule has 5 nitrogen and oxygen atoms in total. The summed E-state index contributed by atoms with van der Waals surface area (Å²) in [6, 6.07) is 16.6. The minimum absolute atomic E-state index is 0.116. The SMILES string of the molecule is CC(C)NC(=O)C1(Cc2ccccc2-c2cccnc2)CCN(Cc2cccnc2)C1. The highest BCUT2D eigenvalue weighted by molar-refractivity contribution is 5.84. The van der Waals surface area contributed by atoms with E-state index in [0.717, 1.165) is 37.2 Å². The molecular weight excluding hydrogens is 384 g/mol. The Balaban J connectivity index is 1.62. The Morgan fingerprint density at radius 3 is 2.55 bits per heavy atom. The third kappa shape index (κ3) is 5.00. The number of carbonyl (C=O) groups excluding carboxylic acids is 1. The van der Waals surface area contributed by atoms with Crippen LogP contribution in [0.5, 0.6) is 0 Å². The minimum atomic E-state index is -0.454. The number of carbonyl (C=O) groups is 1. The van der Waals surface area contributed by atoms with Crippen LogP contribution in [0.15, 0.2) is 73.3 Å². The number of hydrogen-bond acceptors (Lipinski definition) is 4. The van der Waals surface area contributed by atoms with E-state index in [2.05, 4.69) is 56.6 Å². The smallest absolute Gasteiger partial charge is 0.228 e. The molecule has 31 heavy (non-hydrogen) atoms. The van der Waals surface area contributed by atoms with Crippen LogP contribution in [0.3, 0.4) is 0 Å². The van der Waals surface area contributed by atoms with Crippen molar-refractivity contribution in [1.29, 1.82) is 0 Å². The van der Waals surface area contributed by atoms with Crippen molar-refractivity contribution >= 4 is 5.91 Å². The van der Waals surface area contributed by atoms with E-state index in [0.29, 0.717) is 6.42 Å². The first kappa shape index (κ1) is 21.2. The van der Waals surface area contributed by atoms with Crippen LogP contribution in [0.2, 0.25) is 0 Å². The van der Waals surface area contributed by atoms with Gasteiger partial charge in [0.2, 0.25) is 5.91 Å². The molecule has 1 aromatic carbocycles. The van der Waals surface area contributed by atoms with E-state index in [4.69, 9.17) is 0 Å². The van der Waals surface area contributed by atoms with Gasteiger partial charge in [-0.15, -0.1) is 0 Å². The molecule has 3 heterocycles. The fourth-order valence-electron chi connectivity index (χ4n) is 4.51. The molecule has 0 aliphatic carbocycles. The highest BCUT2D eigenvalue weighted by Gasteiger charge is 2.45. The molecule has 1 aliphatic rings. The molecule has 4 rings (SSSR count). The lowest BCUT2D eigenvalue weighted by atomic mass is 9.78. The highest BCUT2D eigenvalue weighted by atomic mass is 16.2. The summed E-state index contributed by atoms with van der Waals surface area (Å²) in [6.45, 7) is 6.50. The maximum absolute atomic E-state index is 13.5. The number of aromatic nitrogens is 2. The van der Waals surface area contributed by atoms with Crippen molar-refractivity contribution in [3.05, 3.63) is 84.4 Å². The van der Waals surface area contributed by atoms with Gasteiger partial charge in [0.25, 0.3) is 0 Å². The van der Waals surface area contributed by atoms with Crippen LogP contribution in [0.4, 0.5) is 0 Å². The van der Waals surface area contributed by atoms with Crippen molar-refractivity contribution in [1.82, 2.24) is 20.2 Å². The molecular formula is C26H30N4O. The number of benzene rings is 1. The maximum atomic E-state index is 13.5. The zero-order valence-electron chi connectivity index (χ0n) is 18.3. The van der Waals surface area contributed by atoms with E-state index < -0.39 is 5.41 Å². The summed E-state index contributed by atoms with van der Waals surface area (Å²) >= 11 is 0. The van der Waals surface area contributed by atoms with E-state index in [1.807, 2.05) is 38.4 Å². The zero-order valence-corrected chi connectivity index (χ0v) is 18.3. The average molecular weight is 415 g/mol. The molecule has 1 aliphatic heterocycles. The van der Waals surface area contributed by atoms with Gasteiger partial charge in [-0.2, -0.15) is 0 Å². The summed E-state index contributed by atoms with van der Waals surface area (Å²) in [4.78, 5) is 24.4. The fourth-order valence-corrected chi connectivity index (χ4v) is 4.51. The van der Waals surface area contributed by atoms with E-state index in [-0.39, 0.29) is 11.9 Å². The first-order chi connectivity index (χ1) is 15.1. The van der Waals surface area contributed by atoms with Gasteiger partial charge in [0, 0.05) is 49.5 Å². The lowest BCUT2D eigenvalue weighted by molar-refractivity contribution is -0.131. The molecule has 1 amide bonds. The molecule has 5 heteroatoms. The highest BCUT2D eigenvalue weighted by Crippen LogP contribution is 2.38. The molecule has 1 atom stereocenters. The van der Waals surface area contributed by atoms with Crippen LogP contribution in [-0.2, 0) is 17.8 Å². The molecule has 0 radical (unpaired) electrons. The molecule has 0 saturated carbocycles. The van der Waals surface area contributed by atoms with Crippen LogP contribution in [0.25, 0.3) is 11.1 Å². The Kier molecular flexibility index (Phi) is 6.42. The predicted octanol–water partition coefficient (Wildman–Crippen LogP) is 4.10. The molecule has 0 spiro atoms. The second-order valence-corrected chi connectivity index (χ2v) is 8.81. The average Bonchev–Trinajstić information content (AvgIpc) is 3.19. The predicted molar refractivity (Wildman–Crippen MR) is 123 cm³/mol. The van der Waals surface area contributed by atoms with Crippen LogP contribution < -0.4 is 5.32 Å². The number of nitrogens with zero attached hydrogens (tertiary/aromatic N) is 3. The standard InChI is InChI=1S/C26H30N4O/c1-20(2)29-25(31)26(11-14-30(19-26)18-21-7-5-12-27-16-21)15-22-8-3-4-10-24(22)23-9-6-13-28-17-23/h3-10,12-13,16-17,20H,11,14-15,18-19H2,1-2H3,(H,29,31). The van der Waals surface area contributed by atoms with Crippen molar-refractivity contribution in [3.8, 4) is 11.1 Å². The number of likely N-dealkylation sites (tertiary alicyclic amines) is 1. The van der Waals surface area contributed by atoms with Gasteiger partial charge in [0.05, 0.1) is 5.41 Å². The Morgan fingerprint density at radius 2 is 1.84 bits per heavy atom. The molecule has 1 N–H and O–H groups in total. The molecule has 3 aromatic rings. The summed E-state index contributed by atoms with van der Waals surface area (Å²) in [5.74, 6) is 0.150. The Morgan fingerprint density at radius 1 is 1.06 bits per heavy atom. The monoisotopic (exact) mass is 414 g/mol. The fraction of sp³-hybridized carbons (Fsp3) is 0.346. The maximum Gasteiger partial charge on any atom is 0.228 e.